The molecule has 0 amide bonds. The Morgan fingerprint density at radius 2 is 1.69 bits per heavy atom. The highest BCUT2D eigenvalue weighted by atomic mass is 35.5. The zero-order chi connectivity index (χ0) is 17.9. The first-order chi connectivity index (χ1) is 12.8. The smallest absolute Gasteiger partial charge is 0.221 e. The Balaban J connectivity index is 1.68. The molecule has 4 aromatic rings. The Bertz CT molecular complexity index is 1010. The van der Waals surface area contributed by atoms with Gasteiger partial charge in [0.25, 0.3) is 0 Å². The van der Waals surface area contributed by atoms with Crippen molar-refractivity contribution < 1.29 is 0 Å². The lowest BCUT2D eigenvalue weighted by atomic mass is 10.2. The highest BCUT2D eigenvalue weighted by Gasteiger charge is 2.17. The quantitative estimate of drug-likeness (QED) is 0.522. The number of hydrogen-bond donors (Lipinski definition) is 0. The predicted octanol–water partition coefficient (Wildman–Crippen LogP) is 3.75. The molecule has 0 radical (unpaired) electrons. The molecule has 2 aromatic heterocycles. The van der Waals surface area contributed by atoms with Gasteiger partial charge in [-0.1, -0.05) is 29.8 Å². The lowest BCUT2D eigenvalue weighted by Crippen LogP contribution is -2.02. The van der Waals surface area contributed by atoms with Gasteiger partial charge in [0.2, 0.25) is 5.16 Å². The number of benzene rings is 2. The van der Waals surface area contributed by atoms with Crippen LogP contribution in [0.5, 0.6) is 0 Å². The van der Waals surface area contributed by atoms with Crippen molar-refractivity contribution in [2.75, 3.05) is 0 Å². The summed E-state index contributed by atoms with van der Waals surface area (Å²) in [5.41, 5.74) is 1.85. The molecule has 4 rings (SSSR count). The zero-order valence-corrected chi connectivity index (χ0v) is 15.4. The average Bonchev–Trinajstić information content (AvgIpc) is 3.30. The number of nitrogens with zero attached hydrogens (tertiary/aromatic N) is 7. The summed E-state index contributed by atoms with van der Waals surface area (Å²) in [6.45, 7) is 2.77. The maximum atomic E-state index is 5.98. The Morgan fingerprint density at radius 3 is 2.42 bits per heavy atom. The van der Waals surface area contributed by atoms with Crippen molar-refractivity contribution in [3.05, 3.63) is 59.6 Å². The number of aromatic nitrogens is 7. The van der Waals surface area contributed by atoms with Gasteiger partial charge in [0.1, 0.15) is 0 Å². The van der Waals surface area contributed by atoms with E-state index in [4.69, 9.17) is 11.6 Å². The third kappa shape index (κ3) is 3.21. The molecule has 0 aliphatic heterocycles. The van der Waals surface area contributed by atoms with E-state index < -0.39 is 0 Å². The molecule has 0 atom stereocenters. The molecule has 2 heterocycles. The normalized spacial score (nSPS) is 11.0. The van der Waals surface area contributed by atoms with E-state index in [-0.39, 0.29) is 0 Å². The maximum absolute atomic E-state index is 5.98. The van der Waals surface area contributed by atoms with E-state index in [0.29, 0.717) is 10.2 Å². The summed E-state index contributed by atoms with van der Waals surface area (Å²) in [6.07, 6.45) is 0. The van der Waals surface area contributed by atoms with E-state index in [9.17, 15) is 0 Å². The van der Waals surface area contributed by atoms with Crippen LogP contribution in [-0.4, -0.2) is 35.0 Å². The summed E-state index contributed by atoms with van der Waals surface area (Å²) >= 11 is 7.35. The second-order valence-electron chi connectivity index (χ2n) is 5.37. The number of halogens is 1. The molecule has 0 N–H and O–H groups in total. The number of rotatable bonds is 5. The van der Waals surface area contributed by atoms with Crippen LogP contribution in [0.15, 0.2) is 64.9 Å². The van der Waals surface area contributed by atoms with Crippen molar-refractivity contribution in [1.82, 2.24) is 35.0 Å². The second kappa shape index (κ2) is 7.27. The van der Waals surface area contributed by atoms with Crippen molar-refractivity contribution >= 4 is 23.4 Å². The molecule has 0 spiro atoms. The van der Waals surface area contributed by atoms with Crippen molar-refractivity contribution in [3.63, 3.8) is 0 Å². The molecule has 0 bridgehead atoms. The van der Waals surface area contributed by atoms with Crippen LogP contribution in [0.25, 0.3) is 17.1 Å². The monoisotopic (exact) mass is 383 g/mol. The predicted molar refractivity (Wildman–Crippen MR) is 99.4 cm³/mol. The van der Waals surface area contributed by atoms with Gasteiger partial charge in [-0.3, -0.25) is 0 Å². The lowest BCUT2D eigenvalue weighted by molar-refractivity contribution is 0.683. The van der Waals surface area contributed by atoms with Crippen molar-refractivity contribution in [2.24, 2.45) is 0 Å². The third-order valence-corrected chi connectivity index (χ3v) is 4.93. The average molecular weight is 384 g/mol. The van der Waals surface area contributed by atoms with Gasteiger partial charge in [0, 0.05) is 17.1 Å². The van der Waals surface area contributed by atoms with Gasteiger partial charge in [0.15, 0.2) is 11.0 Å². The highest BCUT2D eigenvalue weighted by Crippen LogP contribution is 2.29. The van der Waals surface area contributed by atoms with E-state index in [1.54, 1.807) is 4.68 Å². The minimum atomic E-state index is 0.626. The van der Waals surface area contributed by atoms with E-state index in [2.05, 4.69) is 25.7 Å². The minimum absolute atomic E-state index is 0.626. The van der Waals surface area contributed by atoms with E-state index in [1.165, 1.54) is 11.8 Å². The third-order valence-electron chi connectivity index (χ3n) is 3.76. The van der Waals surface area contributed by atoms with Gasteiger partial charge in [-0.15, -0.1) is 15.3 Å². The largest absolute Gasteiger partial charge is 0.302 e. The minimum Gasteiger partial charge on any atom is -0.302 e. The summed E-state index contributed by atoms with van der Waals surface area (Å²) in [5.74, 6) is 0.783. The van der Waals surface area contributed by atoms with Crippen molar-refractivity contribution in [2.45, 2.75) is 23.8 Å². The molecule has 7 nitrogen and oxygen atoms in total. The Labute approximate surface area is 159 Å². The van der Waals surface area contributed by atoms with Crippen LogP contribution in [0.2, 0.25) is 5.02 Å². The van der Waals surface area contributed by atoms with Crippen molar-refractivity contribution in [3.8, 4) is 17.1 Å². The van der Waals surface area contributed by atoms with Crippen LogP contribution in [0, 0.1) is 0 Å². The number of para-hydroxylation sites is 1. The zero-order valence-electron chi connectivity index (χ0n) is 13.8. The number of hydrogen-bond acceptors (Lipinski definition) is 6. The molecular weight excluding hydrogens is 370 g/mol. The van der Waals surface area contributed by atoms with Gasteiger partial charge in [-0.05, 0) is 65.5 Å². The summed E-state index contributed by atoms with van der Waals surface area (Å²) < 4.78 is 3.71. The summed E-state index contributed by atoms with van der Waals surface area (Å²) in [6, 6.07) is 17.3. The van der Waals surface area contributed by atoms with Gasteiger partial charge in [-0.2, -0.15) is 4.68 Å². The van der Waals surface area contributed by atoms with E-state index in [1.807, 2.05) is 66.1 Å². The lowest BCUT2D eigenvalue weighted by Gasteiger charge is -2.07. The summed E-state index contributed by atoms with van der Waals surface area (Å²) in [5, 5.41) is 22.7. The second-order valence-corrected chi connectivity index (χ2v) is 6.74. The van der Waals surface area contributed by atoms with Gasteiger partial charge in [-0.25, -0.2) is 0 Å². The molecule has 130 valence electrons. The van der Waals surface area contributed by atoms with Crippen LogP contribution in [-0.2, 0) is 6.54 Å². The highest BCUT2D eigenvalue weighted by molar-refractivity contribution is 7.99. The molecule has 0 aliphatic carbocycles. The first-order valence-corrected chi connectivity index (χ1v) is 9.16. The molecule has 0 unspecified atom stereocenters. The maximum Gasteiger partial charge on any atom is 0.221 e. The van der Waals surface area contributed by atoms with Crippen molar-refractivity contribution in [1.29, 1.82) is 0 Å². The number of tetrazole rings is 1. The van der Waals surface area contributed by atoms with Crippen LogP contribution in [0.4, 0.5) is 0 Å². The van der Waals surface area contributed by atoms with Gasteiger partial charge in [0.05, 0.1) is 5.69 Å². The van der Waals surface area contributed by atoms with Crippen LogP contribution < -0.4 is 0 Å². The van der Waals surface area contributed by atoms with Gasteiger partial charge >= 0.3 is 0 Å². The SMILES string of the molecule is CCn1c(Sc2nnnn2-c2ccccc2)nnc1-c1ccc(Cl)cc1. The van der Waals surface area contributed by atoms with Crippen LogP contribution in [0.1, 0.15) is 6.92 Å². The first kappa shape index (κ1) is 16.7. The molecule has 0 saturated carbocycles. The Kier molecular flexibility index (Phi) is 4.68. The first-order valence-electron chi connectivity index (χ1n) is 7.97. The fourth-order valence-electron chi connectivity index (χ4n) is 2.52. The molecule has 0 aliphatic rings. The van der Waals surface area contributed by atoms with E-state index in [0.717, 1.165) is 28.8 Å². The molecular formula is C17H14ClN7S. The van der Waals surface area contributed by atoms with Crippen LogP contribution in [0.3, 0.4) is 0 Å². The van der Waals surface area contributed by atoms with E-state index >= 15 is 0 Å². The molecule has 0 saturated heterocycles. The van der Waals surface area contributed by atoms with Crippen LogP contribution >= 0.6 is 23.4 Å². The summed E-state index contributed by atoms with van der Waals surface area (Å²) in [4.78, 5) is 0. The standard InChI is InChI=1S/C17H14ClN7S/c1-2-24-15(12-8-10-13(18)11-9-12)19-20-16(24)26-17-21-22-23-25(17)14-6-4-3-5-7-14/h3-11H,2H2,1H3. The molecule has 26 heavy (non-hydrogen) atoms. The molecule has 0 fully saturated rings. The Morgan fingerprint density at radius 1 is 0.923 bits per heavy atom. The fraction of sp³-hybridized carbons (Fsp3) is 0.118. The Hall–Kier alpha value is -2.71. The fourth-order valence-corrected chi connectivity index (χ4v) is 3.52. The summed E-state index contributed by atoms with van der Waals surface area (Å²) in [7, 11) is 0. The van der Waals surface area contributed by atoms with Gasteiger partial charge < -0.3 is 4.57 Å². The molecule has 2 aromatic carbocycles. The topological polar surface area (TPSA) is 74.3 Å². The molecule has 9 heteroatoms.